The Morgan fingerprint density at radius 3 is 1.36 bits per heavy atom. The first-order chi connectivity index (χ1) is 31.3. The molecule has 0 saturated heterocycles. The van der Waals surface area contributed by atoms with Crippen molar-refractivity contribution < 1.29 is 43.0 Å². The van der Waals surface area contributed by atoms with Crippen molar-refractivity contribution in [1.29, 1.82) is 0 Å². The normalized spacial score (nSPS) is 14.4. The monoisotopic (exact) mass is 921 g/mol. The fraction of sp³-hybridized carbons (Fsp3) is 0.759. The van der Waals surface area contributed by atoms with Crippen molar-refractivity contribution in [3.63, 3.8) is 0 Å². The van der Waals surface area contributed by atoms with Crippen LogP contribution >= 0.6 is 7.82 Å². The van der Waals surface area contributed by atoms with E-state index >= 15 is 0 Å². The largest absolute Gasteiger partial charge is 0.472 e. The molecule has 372 valence electrons. The molecule has 0 saturated carbocycles. The second kappa shape index (κ2) is 50.3. The molecule has 0 aliphatic heterocycles. The van der Waals surface area contributed by atoms with E-state index in [0.29, 0.717) is 6.61 Å². The molecule has 0 spiro atoms. The Morgan fingerprint density at radius 2 is 0.891 bits per heavy atom. The molecule has 64 heavy (non-hydrogen) atoms. The predicted octanol–water partition coefficient (Wildman–Crippen LogP) is 15.3. The highest BCUT2D eigenvalue weighted by molar-refractivity contribution is 7.47. The summed E-state index contributed by atoms with van der Waals surface area (Å²) in [5.41, 5.74) is 0. The van der Waals surface area contributed by atoms with Crippen LogP contribution in [0.1, 0.15) is 219 Å². The average Bonchev–Trinajstić information content (AvgIpc) is 3.29. The number of esters is 1. The molecule has 9 nitrogen and oxygen atoms in total. The lowest BCUT2D eigenvalue weighted by atomic mass is 10.1. The molecule has 3 atom stereocenters. The van der Waals surface area contributed by atoms with Gasteiger partial charge >= 0.3 is 13.8 Å². The number of aliphatic hydroxyl groups excluding tert-OH is 2. The topological polar surface area (TPSA) is 132 Å². The SMILES string of the molecule is CC/C=C\C/C=C\C/C=C\C/C=C\C/C=C\CCCCCCCCCCOCC(COP(=O)(O)OCC(O)CO)OC(=O)CCCCCCCCCCC/C=C\CCCCCCCC. The molecular formula is C54H97O9P. The van der Waals surface area contributed by atoms with Gasteiger partial charge in [0, 0.05) is 13.0 Å². The molecule has 10 heteroatoms. The molecule has 0 aromatic rings. The Kier molecular flexibility index (Phi) is 48.7. The maximum Gasteiger partial charge on any atom is 0.472 e. The van der Waals surface area contributed by atoms with Gasteiger partial charge in [-0.15, -0.1) is 0 Å². The first-order valence-corrected chi connectivity index (χ1v) is 27.4. The molecule has 0 aliphatic rings. The minimum Gasteiger partial charge on any atom is -0.457 e. The smallest absolute Gasteiger partial charge is 0.457 e. The van der Waals surface area contributed by atoms with Gasteiger partial charge in [-0.1, -0.05) is 202 Å². The summed E-state index contributed by atoms with van der Waals surface area (Å²) in [7, 11) is -4.53. The van der Waals surface area contributed by atoms with Crippen molar-refractivity contribution in [2.24, 2.45) is 0 Å². The number of carbonyl (C=O) groups excluding carboxylic acids is 1. The number of unbranched alkanes of at least 4 members (excludes halogenated alkanes) is 23. The Morgan fingerprint density at radius 1 is 0.500 bits per heavy atom. The highest BCUT2D eigenvalue weighted by atomic mass is 31.2. The Bertz CT molecular complexity index is 1230. The summed E-state index contributed by atoms with van der Waals surface area (Å²) in [6.07, 6.45) is 61.5. The summed E-state index contributed by atoms with van der Waals surface area (Å²) in [5.74, 6) is -0.388. The first kappa shape index (κ1) is 61.9. The van der Waals surface area contributed by atoms with Gasteiger partial charge in [-0.3, -0.25) is 13.8 Å². The molecule has 0 aromatic carbocycles. The molecule has 3 unspecified atom stereocenters. The number of phosphoric ester groups is 1. The van der Waals surface area contributed by atoms with E-state index in [1.165, 1.54) is 122 Å². The number of hydrogen-bond acceptors (Lipinski definition) is 8. The highest BCUT2D eigenvalue weighted by Crippen LogP contribution is 2.43. The number of rotatable bonds is 49. The summed E-state index contributed by atoms with van der Waals surface area (Å²) >= 11 is 0. The van der Waals surface area contributed by atoms with Crippen LogP contribution in [0.2, 0.25) is 0 Å². The van der Waals surface area contributed by atoms with Gasteiger partial charge in [0.05, 0.1) is 26.4 Å². The van der Waals surface area contributed by atoms with E-state index < -0.39 is 33.2 Å². The Hall–Kier alpha value is -2.10. The Labute approximate surface area is 392 Å². The van der Waals surface area contributed by atoms with E-state index in [2.05, 4.69) is 86.8 Å². The first-order valence-electron chi connectivity index (χ1n) is 25.9. The average molecular weight is 921 g/mol. The van der Waals surface area contributed by atoms with Gasteiger partial charge in [0.1, 0.15) is 12.2 Å². The van der Waals surface area contributed by atoms with Crippen LogP contribution in [0.4, 0.5) is 0 Å². The van der Waals surface area contributed by atoms with Gasteiger partial charge in [0.2, 0.25) is 0 Å². The van der Waals surface area contributed by atoms with Gasteiger partial charge in [0.25, 0.3) is 0 Å². The van der Waals surface area contributed by atoms with Crippen molar-refractivity contribution in [2.75, 3.05) is 33.0 Å². The molecule has 0 fully saturated rings. The Balaban J connectivity index is 4.10. The van der Waals surface area contributed by atoms with Gasteiger partial charge in [-0.05, 0) is 83.5 Å². The van der Waals surface area contributed by atoms with Crippen molar-refractivity contribution in [2.45, 2.75) is 232 Å². The quantitative estimate of drug-likeness (QED) is 0.0236. The number of hydrogen-bond donors (Lipinski definition) is 3. The van der Waals surface area contributed by atoms with Gasteiger partial charge in [-0.25, -0.2) is 4.57 Å². The third-order valence-corrected chi connectivity index (χ3v) is 11.8. The molecular weight excluding hydrogens is 824 g/mol. The maximum atomic E-state index is 12.7. The second-order valence-electron chi connectivity index (χ2n) is 17.2. The number of phosphoric acid groups is 1. The zero-order chi connectivity index (χ0) is 46.7. The predicted molar refractivity (Wildman–Crippen MR) is 269 cm³/mol. The summed E-state index contributed by atoms with van der Waals surface area (Å²) < 4.78 is 33.5. The van der Waals surface area contributed by atoms with Crippen LogP contribution in [-0.4, -0.2) is 66.3 Å². The van der Waals surface area contributed by atoms with E-state index in [9.17, 15) is 19.4 Å². The zero-order valence-corrected chi connectivity index (χ0v) is 41.9. The van der Waals surface area contributed by atoms with E-state index in [0.717, 1.165) is 77.0 Å². The van der Waals surface area contributed by atoms with Gasteiger partial charge in [0.15, 0.2) is 0 Å². The van der Waals surface area contributed by atoms with E-state index in [-0.39, 0.29) is 25.6 Å². The van der Waals surface area contributed by atoms with Crippen LogP contribution in [-0.2, 0) is 27.9 Å². The second-order valence-corrected chi connectivity index (χ2v) is 18.6. The van der Waals surface area contributed by atoms with Crippen molar-refractivity contribution in [3.05, 3.63) is 72.9 Å². The summed E-state index contributed by atoms with van der Waals surface area (Å²) in [6, 6.07) is 0. The fourth-order valence-electron chi connectivity index (χ4n) is 6.97. The number of aliphatic hydroxyl groups is 2. The molecule has 0 aromatic heterocycles. The lowest BCUT2D eigenvalue weighted by Crippen LogP contribution is -2.29. The lowest BCUT2D eigenvalue weighted by molar-refractivity contribution is -0.154. The minimum atomic E-state index is -4.53. The summed E-state index contributed by atoms with van der Waals surface area (Å²) in [5, 5.41) is 18.4. The third kappa shape index (κ3) is 49.3. The summed E-state index contributed by atoms with van der Waals surface area (Å²) in [6.45, 7) is 3.39. The highest BCUT2D eigenvalue weighted by Gasteiger charge is 2.26. The third-order valence-electron chi connectivity index (χ3n) is 10.9. The number of allylic oxidation sites excluding steroid dienone is 12. The van der Waals surface area contributed by atoms with Crippen LogP contribution in [0.5, 0.6) is 0 Å². The summed E-state index contributed by atoms with van der Waals surface area (Å²) in [4.78, 5) is 22.7. The van der Waals surface area contributed by atoms with E-state index in [1.807, 2.05) is 0 Å². The fourth-order valence-corrected chi connectivity index (χ4v) is 7.76. The molecule has 0 radical (unpaired) electrons. The van der Waals surface area contributed by atoms with Crippen LogP contribution in [0.3, 0.4) is 0 Å². The van der Waals surface area contributed by atoms with Gasteiger partial charge in [-0.2, -0.15) is 0 Å². The zero-order valence-electron chi connectivity index (χ0n) is 41.0. The molecule has 0 bridgehead atoms. The molecule has 0 aliphatic carbocycles. The van der Waals surface area contributed by atoms with Crippen LogP contribution in [0.25, 0.3) is 0 Å². The standard InChI is InChI=1S/C54H97O9P/c1-3-5-7-9-11-13-15-17-19-21-23-24-25-26-27-29-31-33-35-37-39-41-43-45-47-60-50-53(51-62-64(58,59)61-49-52(56)48-55)63-54(57)46-44-42-40-38-36-34-32-30-28-22-20-18-16-14-12-10-8-6-4-2/h5,7,11,13,17-20,23-24,26-27,52-53,55-56H,3-4,6,8-10,12,14-16,21-22,25,28-51H2,1-2H3,(H,58,59)/b7-5-,13-11-,19-17-,20-18-,24-23-,27-26-. The van der Waals surface area contributed by atoms with Crippen molar-refractivity contribution >= 4 is 13.8 Å². The number of carbonyl (C=O) groups is 1. The van der Waals surface area contributed by atoms with Gasteiger partial charge < -0.3 is 24.6 Å². The van der Waals surface area contributed by atoms with Crippen molar-refractivity contribution in [3.8, 4) is 0 Å². The van der Waals surface area contributed by atoms with Crippen LogP contribution in [0, 0.1) is 0 Å². The molecule has 0 rings (SSSR count). The molecule has 3 N–H and O–H groups in total. The van der Waals surface area contributed by atoms with Crippen LogP contribution < -0.4 is 0 Å². The van der Waals surface area contributed by atoms with Crippen LogP contribution in [0.15, 0.2) is 72.9 Å². The maximum absolute atomic E-state index is 12.7. The molecule has 0 amide bonds. The van der Waals surface area contributed by atoms with E-state index in [1.54, 1.807) is 0 Å². The van der Waals surface area contributed by atoms with E-state index in [4.69, 9.17) is 23.6 Å². The molecule has 0 heterocycles. The lowest BCUT2D eigenvalue weighted by Gasteiger charge is -2.20. The number of ether oxygens (including phenoxy) is 2. The van der Waals surface area contributed by atoms with Crippen molar-refractivity contribution in [1.82, 2.24) is 0 Å². The minimum absolute atomic E-state index is 0.0401.